The highest BCUT2D eigenvalue weighted by molar-refractivity contribution is 6.00. The molecule has 154 valence electrons. The number of fused-ring (bicyclic) bond motifs is 1. The van der Waals surface area contributed by atoms with Crippen molar-refractivity contribution in [1.29, 1.82) is 0 Å². The zero-order valence-electron chi connectivity index (χ0n) is 16.7. The van der Waals surface area contributed by atoms with E-state index in [4.69, 9.17) is 10.5 Å². The van der Waals surface area contributed by atoms with E-state index >= 15 is 0 Å². The maximum absolute atomic E-state index is 12.3. The molecule has 5 rings (SSSR count). The van der Waals surface area contributed by atoms with Crippen LogP contribution in [0, 0.1) is 6.92 Å². The Morgan fingerprint density at radius 2 is 2.07 bits per heavy atom. The van der Waals surface area contributed by atoms with E-state index in [0.717, 1.165) is 33.5 Å². The minimum absolute atomic E-state index is 0.264. The molecule has 0 aliphatic carbocycles. The zero-order chi connectivity index (χ0) is 21.0. The molecule has 1 unspecified atom stereocenters. The molecule has 1 fully saturated rings. The fraction of sp³-hybridized carbons (Fsp3) is 0.286. The molecule has 30 heavy (non-hydrogen) atoms. The van der Waals surface area contributed by atoms with Crippen molar-refractivity contribution in [3.8, 4) is 0 Å². The summed E-state index contributed by atoms with van der Waals surface area (Å²) in [5.74, 6) is -0.579. The second-order valence-corrected chi connectivity index (χ2v) is 7.72. The van der Waals surface area contributed by atoms with Crippen LogP contribution in [0.5, 0.6) is 0 Å². The van der Waals surface area contributed by atoms with Crippen molar-refractivity contribution in [2.75, 3.05) is 22.9 Å². The molecule has 0 bridgehead atoms. The van der Waals surface area contributed by atoms with Crippen LogP contribution < -0.4 is 15.5 Å². The van der Waals surface area contributed by atoms with Crippen molar-refractivity contribution < 1.29 is 14.6 Å². The van der Waals surface area contributed by atoms with E-state index in [-0.39, 0.29) is 11.8 Å². The smallest absolute Gasteiger partial charge is 0.268 e. The first-order chi connectivity index (χ1) is 14.4. The number of pyridine rings is 1. The first-order valence-electron chi connectivity index (χ1n) is 9.68. The number of β-amino-alcohol motifs (C(OH)–C–C–N with tert-alkyl or cyclic N) is 1. The molecule has 1 saturated heterocycles. The summed E-state index contributed by atoms with van der Waals surface area (Å²) in [7, 11) is 1.86. The summed E-state index contributed by atoms with van der Waals surface area (Å²) in [4.78, 5) is 20.4. The van der Waals surface area contributed by atoms with Gasteiger partial charge >= 0.3 is 0 Å². The van der Waals surface area contributed by atoms with E-state index < -0.39 is 12.1 Å². The summed E-state index contributed by atoms with van der Waals surface area (Å²) in [6, 6.07) is 7.74. The van der Waals surface area contributed by atoms with Crippen LogP contribution in [-0.4, -0.2) is 45.0 Å². The van der Waals surface area contributed by atoms with Crippen molar-refractivity contribution in [1.82, 2.24) is 14.8 Å². The Morgan fingerprint density at radius 1 is 1.27 bits per heavy atom. The lowest BCUT2D eigenvalue weighted by molar-refractivity contribution is -0.114. The third-order valence-electron chi connectivity index (χ3n) is 5.44. The molecule has 0 radical (unpaired) electrons. The number of carbonyl (C=O) groups excluding carboxylic acids is 1. The number of ether oxygens (including phenoxy) is 1. The first kappa shape index (κ1) is 18.4. The third kappa shape index (κ3) is 2.94. The summed E-state index contributed by atoms with van der Waals surface area (Å²) in [6.07, 6.45) is 4.10. The molecule has 9 nitrogen and oxygen atoms in total. The maximum atomic E-state index is 12.3. The number of aliphatic hydroxyl groups excluding tert-OH is 1. The van der Waals surface area contributed by atoms with Gasteiger partial charge in [0.25, 0.3) is 5.91 Å². The lowest BCUT2D eigenvalue weighted by Gasteiger charge is -2.40. The molecule has 0 spiro atoms. The molecule has 3 N–H and O–H groups in total. The molecule has 2 aliphatic heterocycles. The Kier molecular flexibility index (Phi) is 4.14. The fourth-order valence-electron chi connectivity index (χ4n) is 4.02. The quantitative estimate of drug-likeness (QED) is 0.672. The molecule has 1 amide bonds. The highest BCUT2D eigenvalue weighted by atomic mass is 16.5. The van der Waals surface area contributed by atoms with Crippen LogP contribution in [0.3, 0.4) is 0 Å². The van der Waals surface area contributed by atoms with Crippen molar-refractivity contribution in [3.05, 3.63) is 59.9 Å². The molecule has 2 aromatic heterocycles. The second-order valence-electron chi connectivity index (χ2n) is 7.72. The number of hydrogen-bond donors (Lipinski definition) is 2. The number of aromatic nitrogens is 3. The van der Waals surface area contributed by atoms with Gasteiger partial charge in [-0.05, 0) is 31.2 Å². The molecule has 1 aromatic carbocycles. The molecule has 0 saturated carbocycles. The maximum Gasteiger partial charge on any atom is 0.268 e. The number of amides is 1. The van der Waals surface area contributed by atoms with Crippen LogP contribution in [-0.2, 0) is 16.6 Å². The SMILES string of the molecule is Cc1cc(C2OC=C(C(N)=O)N2c2cc3cn(C)nc3cc2N2CC(O)C2)ccn1. The van der Waals surface area contributed by atoms with Crippen molar-refractivity contribution in [3.63, 3.8) is 0 Å². The van der Waals surface area contributed by atoms with Crippen molar-refractivity contribution in [2.24, 2.45) is 12.8 Å². The van der Waals surface area contributed by atoms with Crippen LogP contribution in [0.4, 0.5) is 11.4 Å². The topological polar surface area (TPSA) is 110 Å². The first-order valence-corrected chi connectivity index (χ1v) is 9.68. The normalized spacial score (nSPS) is 19.0. The third-order valence-corrected chi connectivity index (χ3v) is 5.44. The number of rotatable bonds is 4. The molecular formula is C21H22N6O3. The number of carbonyl (C=O) groups is 1. The predicted octanol–water partition coefficient (Wildman–Crippen LogP) is 1.32. The Balaban J connectivity index is 1.68. The van der Waals surface area contributed by atoms with Gasteiger partial charge in [0.2, 0.25) is 6.23 Å². The Hall–Kier alpha value is -3.59. The average Bonchev–Trinajstić information content (AvgIpc) is 3.26. The van der Waals surface area contributed by atoms with Crippen molar-refractivity contribution in [2.45, 2.75) is 19.3 Å². The lowest BCUT2D eigenvalue weighted by atomic mass is 10.1. The van der Waals surface area contributed by atoms with Gasteiger partial charge in [0.05, 0.1) is 23.0 Å². The summed E-state index contributed by atoms with van der Waals surface area (Å²) >= 11 is 0. The number of nitrogens with two attached hydrogens (primary N) is 1. The number of primary amides is 1. The van der Waals surface area contributed by atoms with E-state index in [2.05, 4.69) is 15.0 Å². The Labute approximate surface area is 173 Å². The molecular weight excluding hydrogens is 384 g/mol. The lowest BCUT2D eigenvalue weighted by Crippen LogP contribution is -2.51. The van der Waals surface area contributed by atoms with Crippen LogP contribution in [0.25, 0.3) is 10.9 Å². The van der Waals surface area contributed by atoms with Gasteiger partial charge in [-0.15, -0.1) is 0 Å². The fourth-order valence-corrected chi connectivity index (χ4v) is 4.02. The van der Waals surface area contributed by atoms with E-state index in [1.165, 1.54) is 6.26 Å². The van der Waals surface area contributed by atoms with Crippen LogP contribution in [0.1, 0.15) is 17.5 Å². The average molecular weight is 406 g/mol. The minimum atomic E-state index is -0.579. The monoisotopic (exact) mass is 406 g/mol. The number of benzene rings is 1. The summed E-state index contributed by atoms with van der Waals surface area (Å²) in [6.45, 7) is 2.92. The predicted molar refractivity (Wildman–Crippen MR) is 111 cm³/mol. The number of nitrogens with zero attached hydrogens (tertiary/aromatic N) is 5. The van der Waals surface area contributed by atoms with Crippen LogP contribution >= 0.6 is 0 Å². The van der Waals surface area contributed by atoms with E-state index in [1.54, 1.807) is 10.9 Å². The summed E-state index contributed by atoms with van der Waals surface area (Å²) in [5.41, 5.74) is 10.1. The molecule has 3 aromatic rings. The number of aryl methyl sites for hydroxylation is 2. The number of aliphatic hydroxyl groups is 1. The molecule has 9 heteroatoms. The summed E-state index contributed by atoms with van der Waals surface area (Å²) < 4.78 is 7.65. The van der Waals surface area contributed by atoms with Crippen molar-refractivity contribution >= 4 is 28.2 Å². The minimum Gasteiger partial charge on any atom is -0.471 e. The molecule has 4 heterocycles. The zero-order valence-corrected chi connectivity index (χ0v) is 16.7. The Morgan fingerprint density at radius 3 is 2.77 bits per heavy atom. The molecule has 2 aliphatic rings. The van der Waals surface area contributed by atoms with E-state index in [9.17, 15) is 9.90 Å². The van der Waals surface area contributed by atoms with Gasteiger partial charge in [-0.3, -0.25) is 19.4 Å². The van der Waals surface area contributed by atoms with Gasteiger partial charge < -0.3 is 20.5 Å². The second kappa shape index (κ2) is 6.74. The van der Waals surface area contributed by atoms with Gasteiger partial charge in [-0.2, -0.15) is 5.10 Å². The highest BCUT2D eigenvalue weighted by Gasteiger charge is 2.37. The largest absolute Gasteiger partial charge is 0.471 e. The number of anilines is 2. The highest BCUT2D eigenvalue weighted by Crippen LogP contribution is 2.44. The van der Waals surface area contributed by atoms with Crippen LogP contribution in [0.2, 0.25) is 0 Å². The summed E-state index contributed by atoms with van der Waals surface area (Å²) in [5, 5.41) is 15.3. The Bertz CT molecular complexity index is 1180. The van der Waals surface area contributed by atoms with Gasteiger partial charge in [-0.25, -0.2) is 0 Å². The van der Waals surface area contributed by atoms with Gasteiger partial charge in [0, 0.05) is 49.2 Å². The molecule has 1 atom stereocenters. The van der Waals surface area contributed by atoms with Gasteiger partial charge in [0.1, 0.15) is 12.0 Å². The number of hydrogen-bond acceptors (Lipinski definition) is 7. The van der Waals surface area contributed by atoms with Crippen LogP contribution in [0.15, 0.2) is 48.6 Å². The van der Waals surface area contributed by atoms with Gasteiger partial charge in [0.15, 0.2) is 0 Å². The van der Waals surface area contributed by atoms with E-state index in [0.29, 0.717) is 13.1 Å². The van der Waals surface area contributed by atoms with Gasteiger partial charge in [-0.1, -0.05) is 0 Å². The standard InChI is InChI=1S/C21H22N6O3/c1-12-5-13(3-4-23-12)21-27(19(11-30-21)20(22)29)18-6-14-8-25(2)24-16(14)7-17(18)26-9-15(28)10-26/h3-8,11,15,21,28H,9-10H2,1-2H3,(H2,22,29). The van der Waals surface area contributed by atoms with E-state index in [1.807, 2.05) is 49.3 Å².